The van der Waals surface area contributed by atoms with E-state index in [1.165, 1.54) is 27.9 Å². The number of ether oxygens (including phenoxy) is 1. The molecule has 0 fully saturated rings. The molecule has 0 aromatic heterocycles. The topological polar surface area (TPSA) is 12.5 Å². The van der Waals surface area contributed by atoms with Crippen LogP contribution >= 0.6 is 0 Å². The van der Waals surface area contributed by atoms with Crippen molar-refractivity contribution < 1.29 is 4.74 Å². The Morgan fingerprint density at radius 3 is 2.30 bits per heavy atom. The van der Waals surface area contributed by atoms with Crippen molar-refractivity contribution in [2.45, 2.75) is 84.4 Å². The highest BCUT2D eigenvalue weighted by Gasteiger charge is 2.44. The molecule has 0 aliphatic carbocycles. The summed E-state index contributed by atoms with van der Waals surface area (Å²) in [4.78, 5) is 2.48. The minimum atomic E-state index is -0.273. The summed E-state index contributed by atoms with van der Waals surface area (Å²) in [5.74, 6) is 1.12. The molecule has 0 saturated heterocycles. The van der Waals surface area contributed by atoms with Crippen LogP contribution in [0.1, 0.15) is 77.1 Å². The number of aryl methyl sites for hydroxylation is 1. The largest absolute Gasteiger partial charge is 0.468 e. The zero-order valence-electron chi connectivity index (χ0n) is 17.9. The number of hydrogen-bond donors (Lipinski definition) is 0. The summed E-state index contributed by atoms with van der Waals surface area (Å²) in [7, 11) is 0. The van der Waals surface area contributed by atoms with Crippen molar-refractivity contribution in [3.63, 3.8) is 0 Å². The molecule has 2 heterocycles. The Labute approximate surface area is 164 Å². The molecule has 2 aliphatic heterocycles. The molecule has 27 heavy (non-hydrogen) atoms. The van der Waals surface area contributed by atoms with Gasteiger partial charge in [0.15, 0.2) is 5.72 Å². The number of nitrogens with zero attached hydrogens (tertiary/aromatic N) is 1. The Kier molecular flexibility index (Phi) is 3.93. The fourth-order valence-electron chi connectivity index (χ4n) is 4.41. The number of rotatable bonds is 0. The molecule has 4 rings (SSSR count). The number of hydrogen-bond acceptors (Lipinski definition) is 2. The second kappa shape index (κ2) is 5.77. The molecule has 0 spiro atoms. The van der Waals surface area contributed by atoms with Crippen LogP contribution in [-0.2, 0) is 23.8 Å². The molecule has 0 radical (unpaired) electrons. The second-order valence-electron chi connectivity index (χ2n) is 10.5. The van der Waals surface area contributed by atoms with Crippen LogP contribution in [0, 0.1) is 0 Å². The van der Waals surface area contributed by atoms with Gasteiger partial charge in [0.1, 0.15) is 5.75 Å². The minimum Gasteiger partial charge on any atom is -0.468 e. The first-order valence-corrected chi connectivity index (χ1v) is 10.2. The standard InChI is InChI=1S/C25H33NO/c1-23(2,3)19-14-18-16-26-21-11-9-8-10-17(21)12-13-25(26,7)27-22(18)20(15-19)24(4,5)6/h8-11,14-15H,12-13,16H2,1-7H3/t25-/m0/s1. The first-order chi connectivity index (χ1) is 12.5. The number of para-hydroxylation sites is 1. The lowest BCUT2D eigenvalue weighted by atomic mass is 9.78. The van der Waals surface area contributed by atoms with Gasteiger partial charge in [-0.25, -0.2) is 0 Å². The summed E-state index contributed by atoms with van der Waals surface area (Å²) in [5.41, 5.74) is 6.71. The van der Waals surface area contributed by atoms with Crippen molar-refractivity contribution in [3.05, 3.63) is 58.7 Å². The Bertz CT molecular complexity index is 884. The van der Waals surface area contributed by atoms with Gasteiger partial charge in [-0.2, -0.15) is 0 Å². The van der Waals surface area contributed by atoms with E-state index in [0.29, 0.717) is 0 Å². The summed E-state index contributed by atoms with van der Waals surface area (Å²) in [6, 6.07) is 13.6. The van der Waals surface area contributed by atoms with Gasteiger partial charge in [-0.15, -0.1) is 0 Å². The third-order valence-corrected chi connectivity index (χ3v) is 6.20. The molecule has 0 N–H and O–H groups in total. The summed E-state index contributed by atoms with van der Waals surface area (Å²) in [6.45, 7) is 16.9. The van der Waals surface area contributed by atoms with Crippen molar-refractivity contribution in [2.24, 2.45) is 0 Å². The van der Waals surface area contributed by atoms with Gasteiger partial charge in [0, 0.05) is 23.2 Å². The molecule has 2 aliphatic rings. The molecule has 1 atom stereocenters. The highest BCUT2D eigenvalue weighted by molar-refractivity contribution is 5.62. The van der Waals surface area contributed by atoms with E-state index in [1.807, 2.05) is 0 Å². The molecule has 2 nitrogen and oxygen atoms in total. The highest BCUT2D eigenvalue weighted by atomic mass is 16.5. The molecule has 0 unspecified atom stereocenters. The van der Waals surface area contributed by atoms with E-state index in [9.17, 15) is 0 Å². The van der Waals surface area contributed by atoms with Crippen LogP contribution in [0.15, 0.2) is 36.4 Å². The maximum atomic E-state index is 6.83. The third-order valence-electron chi connectivity index (χ3n) is 6.20. The summed E-state index contributed by atoms with van der Waals surface area (Å²) < 4.78 is 6.83. The van der Waals surface area contributed by atoms with Gasteiger partial charge in [-0.3, -0.25) is 0 Å². The molecule has 0 amide bonds. The lowest BCUT2D eigenvalue weighted by molar-refractivity contribution is 0.0519. The lowest BCUT2D eigenvalue weighted by Gasteiger charge is -2.51. The average molecular weight is 364 g/mol. The lowest BCUT2D eigenvalue weighted by Crippen LogP contribution is -2.56. The van der Waals surface area contributed by atoms with Crippen molar-refractivity contribution in [1.82, 2.24) is 0 Å². The van der Waals surface area contributed by atoms with Gasteiger partial charge in [0.25, 0.3) is 0 Å². The van der Waals surface area contributed by atoms with Gasteiger partial charge >= 0.3 is 0 Å². The van der Waals surface area contributed by atoms with E-state index >= 15 is 0 Å². The Morgan fingerprint density at radius 2 is 1.63 bits per heavy atom. The van der Waals surface area contributed by atoms with Gasteiger partial charge < -0.3 is 9.64 Å². The minimum absolute atomic E-state index is 0.0520. The van der Waals surface area contributed by atoms with E-state index < -0.39 is 0 Å². The van der Waals surface area contributed by atoms with E-state index in [4.69, 9.17) is 4.74 Å². The SMILES string of the molecule is CC(C)(C)c1cc2c(c(C(C)(C)C)c1)O[C@@]1(C)CCc3ccccc3N1C2. The van der Waals surface area contributed by atoms with Crippen LogP contribution in [0.5, 0.6) is 5.75 Å². The van der Waals surface area contributed by atoms with Crippen LogP contribution in [0.3, 0.4) is 0 Å². The van der Waals surface area contributed by atoms with Gasteiger partial charge in [0.2, 0.25) is 0 Å². The van der Waals surface area contributed by atoms with E-state index in [1.54, 1.807) is 0 Å². The average Bonchev–Trinajstić information content (AvgIpc) is 2.57. The maximum Gasteiger partial charge on any atom is 0.180 e. The van der Waals surface area contributed by atoms with Crippen LogP contribution in [0.2, 0.25) is 0 Å². The Hall–Kier alpha value is -1.96. The molecular weight excluding hydrogens is 330 g/mol. The summed E-state index contributed by atoms with van der Waals surface area (Å²) in [5, 5.41) is 0. The van der Waals surface area contributed by atoms with E-state index in [-0.39, 0.29) is 16.6 Å². The van der Waals surface area contributed by atoms with Crippen LogP contribution in [-0.4, -0.2) is 5.72 Å². The summed E-state index contributed by atoms with van der Waals surface area (Å²) >= 11 is 0. The smallest absolute Gasteiger partial charge is 0.180 e. The van der Waals surface area contributed by atoms with Crippen molar-refractivity contribution in [1.29, 1.82) is 0 Å². The van der Waals surface area contributed by atoms with Gasteiger partial charge in [-0.1, -0.05) is 65.8 Å². The molecule has 2 heteroatoms. The maximum absolute atomic E-state index is 6.83. The first-order valence-electron chi connectivity index (χ1n) is 10.2. The monoisotopic (exact) mass is 363 g/mol. The molecular formula is C25H33NO. The number of fused-ring (bicyclic) bond motifs is 4. The van der Waals surface area contributed by atoms with Gasteiger partial charge in [0.05, 0.1) is 6.54 Å². The molecule has 144 valence electrons. The fourth-order valence-corrected chi connectivity index (χ4v) is 4.41. The van der Waals surface area contributed by atoms with E-state index in [2.05, 4.69) is 89.8 Å². The van der Waals surface area contributed by atoms with Gasteiger partial charge in [-0.05, 0) is 47.4 Å². The van der Waals surface area contributed by atoms with Crippen molar-refractivity contribution in [2.75, 3.05) is 4.90 Å². The fraction of sp³-hybridized carbons (Fsp3) is 0.520. The van der Waals surface area contributed by atoms with Crippen LogP contribution in [0.4, 0.5) is 5.69 Å². The molecule has 0 saturated carbocycles. The number of benzene rings is 2. The molecule has 0 bridgehead atoms. The van der Waals surface area contributed by atoms with Crippen molar-refractivity contribution in [3.8, 4) is 5.75 Å². The van der Waals surface area contributed by atoms with E-state index in [0.717, 1.165) is 25.1 Å². The Balaban J connectivity index is 1.90. The predicted molar refractivity (Wildman–Crippen MR) is 114 cm³/mol. The van der Waals surface area contributed by atoms with Crippen LogP contribution < -0.4 is 9.64 Å². The van der Waals surface area contributed by atoms with Crippen molar-refractivity contribution >= 4 is 5.69 Å². The molecule has 2 aromatic carbocycles. The van der Waals surface area contributed by atoms with Crippen LogP contribution in [0.25, 0.3) is 0 Å². The Morgan fingerprint density at radius 1 is 0.926 bits per heavy atom. The predicted octanol–water partition coefficient (Wildman–Crippen LogP) is 6.34. The second-order valence-corrected chi connectivity index (χ2v) is 10.5. The zero-order chi connectivity index (χ0) is 19.6. The highest BCUT2D eigenvalue weighted by Crippen LogP contribution is 2.48. The summed E-state index contributed by atoms with van der Waals surface area (Å²) in [6.07, 6.45) is 2.09. The number of anilines is 1. The first kappa shape index (κ1) is 18.4. The quantitative estimate of drug-likeness (QED) is 0.541. The third kappa shape index (κ3) is 3.03. The normalized spacial score (nSPS) is 21.8. The molecule has 2 aromatic rings. The zero-order valence-corrected chi connectivity index (χ0v) is 17.9.